The van der Waals surface area contributed by atoms with Gasteiger partial charge in [-0.15, -0.1) is 0 Å². The molecule has 0 aromatic heterocycles. The van der Waals surface area contributed by atoms with E-state index >= 15 is 0 Å². The van der Waals surface area contributed by atoms with E-state index in [1.54, 1.807) is 28.4 Å². The van der Waals surface area contributed by atoms with Crippen LogP contribution in [0.5, 0.6) is 23.0 Å². The molecule has 0 fully saturated rings. The van der Waals surface area contributed by atoms with Crippen LogP contribution in [0.1, 0.15) is 33.4 Å². The van der Waals surface area contributed by atoms with E-state index in [0.29, 0.717) is 6.42 Å². The molecule has 6 nitrogen and oxygen atoms in total. The Labute approximate surface area is 256 Å². The minimum atomic E-state index is 0.505. The van der Waals surface area contributed by atoms with Gasteiger partial charge in [0.05, 0.1) is 28.4 Å². The third-order valence-corrected chi connectivity index (χ3v) is 7.37. The zero-order chi connectivity index (χ0) is 30.9. The molecule has 6 heteroatoms. The lowest BCUT2D eigenvalue weighted by Gasteiger charge is -2.18. The summed E-state index contributed by atoms with van der Waals surface area (Å²) in [5.74, 6) is 2.93. The Morgan fingerprint density at radius 3 is 0.977 bits per heavy atom. The van der Waals surface area contributed by atoms with Gasteiger partial charge in [0, 0.05) is 57.1 Å². The van der Waals surface area contributed by atoms with Crippen LogP contribution in [-0.4, -0.2) is 56.6 Å². The standard InChI is InChI=1S/C37H42N2O4/c1-38(2)30-17-13-26(14-18-30)9-11-28-21-34(40-5)32(35(22-28)41-6)25-33-36(42-7)23-29(24-37(33)43-8)12-10-27-15-19-31(20-16-27)39(3)4/h9-24H,25H2,1-8H3/b11-9+,12-10+. The van der Waals surface area contributed by atoms with Crippen molar-refractivity contribution in [2.24, 2.45) is 0 Å². The fraction of sp³-hybridized carbons (Fsp3) is 0.243. The number of nitrogens with zero attached hydrogens (tertiary/aromatic N) is 2. The average Bonchev–Trinajstić information content (AvgIpc) is 3.03. The van der Waals surface area contributed by atoms with Gasteiger partial charge in [0.2, 0.25) is 0 Å². The molecular formula is C37H42N2O4. The van der Waals surface area contributed by atoms with Crippen molar-refractivity contribution in [2.45, 2.75) is 6.42 Å². The van der Waals surface area contributed by atoms with Crippen molar-refractivity contribution >= 4 is 35.7 Å². The highest BCUT2D eigenvalue weighted by Gasteiger charge is 2.19. The van der Waals surface area contributed by atoms with E-state index < -0.39 is 0 Å². The van der Waals surface area contributed by atoms with Crippen LogP contribution in [-0.2, 0) is 6.42 Å². The molecule has 0 bridgehead atoms. The summed E-state index contributed by atoms with van der Waals surface area (Å²) in [6, 6.07) is 24.9. The quantitative estimate of drug-likeness (QED) is 0.160. The number of methoxy groups -OCH3 is 4. The van der Waals surface area contributed by atoms with Crippen molar-refractivity contribution in [3.8, 4) is 23.0 Å². The monoisotopic (exact) mass is 578 g/mol. The first-order valence-corrected chi connectivity index (χ1v) is 14.2. The van der Waals surface area contributed by atoms with E-state index in [1.807, 2.05) is 52.5 Å². The predicted molar refractivity (Wildman–Crippen MR) is 181 cm³/mol. The molecule has 0 saturated heterocycles. The summed E-state index contributed by atoms with van der Waals surface area (Å²) >= 11 is 0. The molecule has 0 heterocycles. The SMILES string of the molecule is COc1cc(/C=C/c2ccc(N(C)C)cc2)cc(OC)c1Cc1c(OC)cc(/C=C/c2ccc(N(C)C)cc2)cc1OC. The molecule has 0 N–H and O–H groups in total. The second-order valence-corrected chi connectivity index (χ2v) is 10.6. The number of ether oxygens (including phenoxy) is 4. The fourth-order valence-electron chi connectivity index (χ4n) is 4.88. The Bertz CT molecular complexity index is 1400. The van der Waals surface area contributed by atoms with Gasteiger partial charge in [-0.1, -0.05) is 48.6 Å². The molecule has 0 saturated carbocycles. The number of rotatable bonds is 12. The molecule has 0 aliphatic rings. The molecule has 4 aromatic rings. The number of hydrogen-bond donors (Lipinski definition) is 0. The van der Waals surface area contributed by atoms with Crippen LogP contribution in [0.25, 0.3) is 24.3 Å². The van der Waals surface area contributed by atoms with Crippen molar-refractivity contribution in [1.29, 1.82) is 0 Å². The van der Waals surface area contributed by atoms with Crippen LogP contribution in [0.2, 0.25) is 0 Å². The first kappa shape index (κ1) is 31.1. The van der Waals surface area contributed by atoms with Gasteiger partial charge in [-0.25, -0.2) is 0 Å². The third-order valence-electron chi connectivity index (χ3n) is 7.37. The molecule has 0 radical (unpaired) electrons. The van der Waals surface area contributed by atoms with E-state index in [2.05, 4.69) is 82.6 Å². The largest absolute Gasteiger partial charge is 0.496 e. The summed E-state index contributed by atoms with van der Waals surface area (Å²) in [5, 5.41) is 0. The van der Waals surface area contributed by atoms with E-state index in [1.165, 1.54) is 0 Å². The molecule has 0 unspecified atom stereocenters. The molecule has 0 aliphatic carbocycles. The Morgan fingerprint density at radius 1 is 0.442 bits per heavy atom. The smallest absolute Gasteiger partial charge is 0.126 e. The Kier molecular flexibility index (Phi) is 10.4. The average molecular weight is 579 g/mol. The third kappa shape index (κ3) is 7.72. The zero-order valence-electron chi connectivity index (χ0n) is 26.5. The Balaban J connectivity index is 1.63. The van der Waals surface area contributed by atoms with Crippen molar-refractivity contribution in [3.05, 3.63) is 106 Å². The summed E-state index contributed by atoms with van der Waals surface area (Å²) < 4.78 is 23.4. The summed E-state index contributed by atoms with van der Waals surface area (Å²) in [5.41, 5.74) is 8.34. The van der Waals surface area contributed by atoms with Gasteiger partial charge in [-0.2, -0.15) is 0 Å². The van der Waals surface area contributed by atoms with E-state index in [0.717, 1.165) is 67.8 Å². The van der Waals surface area contributed by atoms with Crippen molar-refractivity contribution < 1.29 is 18.9 Å². The first-order valence-electron chi connectivity index (χ1n) is 14.2. The van der Waals surface area contributed by atoms with Gasteiger partial charge in [0.1, 0.15) is 23.0 Å². The van der Waals surface area contributed by atoms with E-state index in [4.69, 9.17) is 18.9 Å². The minimum Gasteiger partial charge on any atom is -0.496 e. The van der Waals surface area contributed by atoms with Crippen LogP contribution in [0.15, 0.2) is 72.8 Å². The number of benzene rings is 4. The van der Waals surface area contributed by atoms with Gasteiger partial charge >= 0.3 is 0 Å². The van der Waals surface area contributed by atoms with Crippen LogP contribution in [0, 0.1) is 0 Å². The van der Waals surface area contributed by atoms with Gasteiger partial charge in [0.25, 0.3) is 0 Å². The normalized spacial score (nSPS) is 11.2. The fourth-order valence-corrected chi connectivity index (χ4v) is 4.88. The van der Waals surface area contributed by atoms with Crippen LogP contribution >= 0.6 is 0 Å². The molecule has 4 aromatic carbocycles. The maximum Gasteiger partial charge on any atom is 0.126 e. The van der Waals surface area contributed by atoms with Gasteiger partial charge in [0.15, 0.2) is 0 Å². The van der Waals surface area contributed by atoms with Crippen molar-refractivity contribution in [2.75, 3.05) is 66.4 Å². The zero-order valence-corrected chi connectivity index (χ0v) is 26.5. The summed E-state index contributed by atoms with van der Waals surface area (Å²) in [4.78, 5) is 4.17. The molecule has 0 atom stereocenters. The molecule has 0 amide bonds. The Morgan fingerprint density at radius 2 is 0.721 bits per heavy atom. The lowest BCUT2D eigenvalue weighted by atomic mass is 9.97. The molecule has 43 heavy (non-hydrogen) atoms. The molecule has 0 spiro atoms. The van der Waals surface area contributed by atoms with E-state index in [-0.39, 0.29) is 0 Å². The Hall–Kier alpha value is -4.84. The summed E-state index contributed by atoms with van der Waals surface area (Å²) in [6.45, 7) is 0. The second-order valence-electron chi connectivity index (χ2n) is 10.6. The maximum absolute atomic E-state index is 5.86. The predicted octanol–water partition coefficient (Wildman–Crippen LogP) is 7.78. The van der Waals surface area contributed by atoms with Gasteiger partial charge in [-0.3, -0.25) is 0 Å². The van der Waals surface area contributed by atoms with Crippen LogP contribution < -0.4 is 28.7 Å². The molecule has 4 rings (SSSR count). The molecule has 224 valence electrons. The number of hydrogen-bond acceptors (Lipinski definition) is 6. The maximum atomic E-state index is 5.86. The van der Waals surface area contributed by atoms with Gasteiger partial charge in [-0.05, 0) is 70.8 Å². The lowest BCUT2D eigenvalue weighted by molar-refractivity contribution is 0.377. The summed E-state index contributed by atoms with van der Waals surface area (Å²) in [7, 11) is 14.9. The number of anilines is 2. The molecular weight excluding hydrogens is 536 g/mol. The van der Waals surface area contributed by atoms with Gasteiger partial charge < -0.3 is 28.7 Å². The molecule has 0 aliphatic heterocycles. The van der Waals surface area contributed by atoms with E-state index in [9.17, 15) is 0 Å². The highest BCUT2D eigenvalue weighted by molar-refractivity contribution is 5.74. The van der Waals surface area contributed by atoms with Crippen LogP contribution in [0.3, 0.4) is 0 Å². The van der Waals surface area contributed by atoms with Crippen molar-refractivity contribution in [1.82, 2.24) is 0 Å². The summed E-state index contributed by atoms with van der Waals surface area (Å²) in [6.07, 6.45) is 8.81. The highest BCUT2D eigenvalue weighted by Crippen LogP contribution is 2.39. The van der Waals surface area contributed by atoms with Crippen LogP contribution in [0.4, 0.5) is 11.4 Å². The minimum absolute atomic E-state index is 0.505. The second kappa shape index (κ2) is 14.4. The highest BCUT2D eigenvalue weighted by atomic mass is 16.5. The first-order chi connectivity index (χ1) is 20.8. The lowest BCUT2D eigenvalue weighted by Crippen LogP contribution is -2.07. The topological polar surface area (TPSA) is 43.4 Å². The van der Waals surface area contributed by atoms with Crippen molar-refractivity contribution in [3.63, 3.8) is 0 Å².